The number of aryl methyl sites for hydroxylation is 1. The standard InChI is InChI=1S/C23H26N6O3S/c1-4-33(31,32)27-18-12-19(23(30)28(2)11-10-16-14-24-25-15-16)21-20(13-18)26-22(29(21)3)17-8-6-5-7-9-17/h5-9,12-15,27H,4,10-11H2,1-3H3,(H,24,25). The Morgan fingerprint density at radius 2 is 1.97 bits per heavy atom. The van der Waals surface area contributed by atoms with Crippen molar-refractivity contribution in [3.8, 4) is 11.4 Å². The van der Waals surface area contributed by atoms with Gasteiger partial charge in [0.05, 0.1) is 34.2 Å². The maximum absolute atomic E-state index is 13.5. The number of nitrogens with one attached hydrogen (secondary N) is 2. The Balaban J connectivity index is 1.79. The molecular formula is C23H26N6O3S. The number of aromatic nitrogens is 4. The van der Waals surface area contributed by atoms with Crippen LogP contribution in [0.1, 0.15) is 22.8 Å². The lowest BCUT2D eigenvalue weighted by atomic mass is 10.1. The number of fused-ring (bicyclic) bond motifs is 1. The SMILES string of the molecule is CCS(=O)(=O)Nc1cc(C(=O)N(C)CCc2cn[nH]c2)c2c(c1)nc(-c1ccccc1)n2C. The number of hydrogen-bond acceptors (Lipinski definition) is 5. The highest BCUT2D eigenvalue weighted by Gasteiger charge is 2.22. The highest BCUT2D eigenvalue weighted by atomic mass is 32.2. The van der Waals surface area contributed by atoms with E-state index in [0.717, 1.165) is 11.1 Å². The first kappa shape index (κ1) is 22.5. The van der Waals surface area contributed by atoms with Gasteiger partial charge in [0.1, 0.15) is 5.82 Å². The molecule has 0 aliphatic carbocycles. The molecule has 0 radical (unpaired) electrons. The highest BCUT2D eigenvalue weighted by molar-refractivity contribution is 7.92. The Bertz CT molecular complexity index is 1380. The number of benzene rings is 2. The minimum absolute atomic E-state index is 0.0730. The second-order valence-corrected chi connectivity index (χ2v) is 9.85. The van der Waals surface area contributed by atoms with Crippen LogP contribution in [0, 0.1) is 0 Å². The third-order valence-electron chi connectivity index (χ3n) is 5.52. The fourth-order valence-corrected chi connectivity index (χ4v) is 4.31. The summed E-state index contributed by atoms with van der Waals surface area (Å²) in [6.07, 6.45) is 4.17. The van der Waals surface area contributed by atoms with Gasteiger partial charge in [-0.3, -0.25) is 14.6 Å². The van der Waals surface area contributed by atoms with Gasteiger partial charge in [0.15, 0.2) is 0 Å². The van der Waals surface area contributed by atoms with Crippen LogP contribution in [0.3, 0.4) is 0 Å². The molecule has 2 aromatic carbocycles. The number of sulfonamides is 1. The van der Waals surface area contributed by atoms with Gasteiger partial charge in [0, 0.05) is 32.4 Å². The first-order valence-corrected chi connectivity index (χ1v) is 12.2. The number of likely N-dealkylation sites (N-methyl/N-ethyl adjacent to an activating group) is 1. The molecule has 9 nitrogen and oxygen atoms in total. The number of anilines is 1. The first-order valence-electron chi connectivity index (χ1n) is 10.6. The van der Waals surface area contributed by atoms with Crippen molar-refractivity contribution in [2.24, 2.45) is 7.05 Å². The molecule has 4 aromatic rings. The van der Waals surface area contributed by atoms with Gasteiger partial charge in [0.2, 0.25) is 10.0 Å². The molecule has 1 amide bonds. The van der Waals surface area contributed by atoms with Crippen LogP contribution in [0.4, 0.5) is 5.69 Å². The summed E-state index contributed by atoms with van der Waals surface area (Å²) in [5.74, 6) is 0.399. The summed E-state index contributed by atoms with van der Waals surface area (Å²) >= 11 is 0. The molecule has 10 heteroatoms. The van der Waals surface area contributed by atoms with Crippen molar-refractivity contribution in [1.82, 2.24) is 24.6 Å². The Morgan fingerprint density at radius 3 is 2.64 bits per heavy atom. The van der Waals surface area contributed by atoms with Crippen molar-refractivity contribution < 1.29 is 13.2 Å². The molecule has 0 saturated heterocycles. The lowest BCUT2D eigenvalue weighted by Gasteiger charge is -2.18. The Kier molecular flexibility index (Phi) is 6.19. The van der Waals surface area contributed by atoms with Crippen LogP contribution in [-0.2, 0) is 23.5 Å². The monoisotopic (exact) mass is 466 g/mol. The van der Waals surface area contributed by atoms with Gasteiger partial charge in [-0.15, -0.1) is 0 Å². The van der Waals surface area contributed by atoms with E-state index in [0.29, 0.717) is 41.1 Å². The third-order valence-corrected chi connectivity index (χ3v) is 6.83. The van der Waals surface area contributed by atoms with Gasteiger partial charge < -0.3 is 9.47 Å². The molecule has 0 aliphatic rings. The fourth-order valence-electron chi connectivity index (χ4n) is 3.69. The summed E-state index contributed by atoms with van der Waals surface area (Å²) in [7, 11) is 0.0656. The topological polar surface area (TPSA) is 113 Å². The molecule has 172 valence electrons. The number of carbonyl (C=O) groups is 1. The van der Waals surface area contributed by atoms with Crippen molar-refractivity contribution in [2.45, 2.75) is 13.3 Å². The Hall–Kier alpha value is -3.66. The molecule has 0 fully saturated rings. The number of H-pyrrole nitrogens is 1. The van der Waals surface area contributed by atoms with E-state index in [-0.39, 0.29) is 11.7 Å². The van der Waals surface area contributed by atoms with Gasteiger partial charge in [-0.05, 0) is 31.0 Å². The Morgan fingerprint density at radius 1 is 1.21 bits per heavy atom. The van der Waals surface area contributed by atoms with Gasteiger partial charge in [-0.2, -0.15) is 5.10 Å². The van der Waals surface area contributed by atoms with Crippen molar-refractivity contribution in [1.29, 1.82) is 0 Å². The third kappa shape index (κ3) is 4.75. The first-order chi connectivity index (χ1) is 15.8. The zero-order chi connectivity index (χ0) is 23.6. The summed E-state index contributed by atoms with van der Waals surface area (Å²) in [6.45, 7) is 2.04. The van der Waals surface area contributed by atoms with Crippen molar-refractivity contribution in [3.63, 3.8) is 0 Å². The molecule has 0 spiro atoms. The van der Waals surface area contributed by atoms with Crippen LogP contribution >= 0.6 is 0 Å². The largest absolute Gasteiger partial charge is 0.341 e. The smallest absolute Gasteiger partial charge is 0.255 e. The second kappa shape index (κ2) is 9.07. The van der Waals surface area contributed by atoms with Crippen LogP contribution in [-0.4, -0.2) is 58.3 Å². The minimum Gasteiger partial charge on any atom is -0.341 e. The lowest BCUT2D eigenvalue weighted by molar-refractivity contribution is 0.0798. The molecule has 0 saturated carbocycles. The maximum atomic E-state index is 13.5. The van der Waals surface area contributed by atoms with E-state index in [1.54, 1.807) is 43.4 Å². The van der Waals surface area contributed by atoms with E-state index in [1.165, 1.54) is 0 Å². The van der Waals surface area contributed by atoms with Crippen molar-refractivity contribution in [3.05, 3.63) is 66.0 Å². The molecule has 0 aliphatic heterocycles. The van der Waals surface area contributed by atoms with E-state index in [1.807, 2.05) is 41.9 Å². The average Bonchev–Trinajstić information content (AvgIpc) is 3.45. The van der Waals surface area contributed by atoms with E-state index < -0.39 is 10.0 Å². The van der Waals surface area contributed by atoms with Crippen molar-refractivity contribution in [2.75, 3.05) is 24.1 Å². The highest BCUT2D eigenvalue weighted by Crippen LogP contribution is 2.30. The second-order valence-electron chi connectivity index (χ2n) is 7.84. The van der Waals surface area contributed by atoms with Gasteiger partial charge in [-0.25, -0.2) is 13.4 Å². The number of hydrogen-bond donors (Lipinski definition) is 2. The predicted molar refractivity (Wildman–Crippen MR) is 128 cm³/mol. The minimum atomic E-state index is -3.52. The number of aromatic amines is 1. The van der Waals surface area contributed by atoms with E-state index in [2.05, 4.69) is 14.9 Å². The van der Waals surface area contributed by atoms with E-state index in [9.17, 15) is 13.2 Å². The number of amides is 1. The Labute approximate surface area is 192 Å². The number of imidazole rings is 1. The molecular weight excluding hydrogens is 440 g/mol. The molecule has 4 rings (SSSR count). The summed E-state index contributed by atoms with van der Waals surface area (Å²) in [5.41, 5.74) is 3.78. The zero-order valence-electron chi connectivity index (χ0n) is 18.7. The zero-order valence-corrected chi connectivity index (χ0v) is 19.6. The quantitative estimate of drug-likeness (QED) is 0.414. The summed E-state index contributed by atoms with van der Waals surface area (Å²) in [5, 5.41) is 6.70. The van der Waals surface area contributed by atoms with Crippen molar-refractivity contribution >= 4 is 32.7 Å². The maximum Gasteiger partial charge on any atom is 0.255 e. The molecule has 0 unspecified atom stereocenters. The lowest BCUT2D eigenvalue weighted by Crippen LogP contribution is -2.29. The average molecular weight is 467 g/mol. The van der Waals surface area contributed by atoms with Crippen LogP contribution in [0.2, 0.25) is 0 Å². The molecule has 33 heavy (non-hydrogen) atoms. The normalized spacial score (nSPS) is 11.6. The predicted octanol–water partition coefficient (Wildman–Crippen LogP) is 3.04. The molecule has 2 heterocycles. The molecule has 0 atom stereocenters. The summed E-state index contributed by atoms with van der Waals surface area (Å²) in [6, 6.07) is 12.9. The van der Waals surface area contributed by atoms with E-state index in [4.69, 9.17) is 4.98 Å². The van der Waals surface area contributed by atoms with Crippen LogP contribution < -0.4 is 4.72 Å². The fraction of sp³-hybridized carbons (Fsp3) is 0.261. The van der Waals surface area contributed by atoms with Gasteiger partial charge >= 0.3 is 0 Å². The molecule has 0 bridgehead atoms. The summed E-state index contributed by atoms with van der Waals surface area (Å²) in [4.78, 5) is 19.8. The summed E-state index contributed by atoms with van der Waals surface area (Å²) < 4.78 is 28.8. The number of carbonyl (C=O) groups excluding carboxylic acids is 1. The van der Waals surface area contributed by atoms with Gasteiger partial charge in [0.25, 0.3) is 5.91 Å². The van der Waals surface area contributed by atoms with Gasteiger partial charge in [-0.1, -0.05) is 30.3 Å². The number of nitrogens with zero attached hydrogens (tertiary/aromatic N) is 4. The van der Waals surface area contributed by atoms with E-state index >= 15 is 0 Å². The van der Waals surface area contributed by atoms with Crippen LogP contribution in [0.15, 0.2) is 54.9 Å². The van der Waals surface area contributed by atoms with Crippen LogP contribution in [0.5, 0.6) is 0 Å². The molecule has 2 N–H and O–H groups in total. The van der Waals surface area contributed by atoms with Crippen LogP contribution in [0.25, 0.3) is 22.4 Å². The number of rotatable bonds is 8. The molecule has 2 aromatic heterocycles.